The van der Waals surface area contributed by atoms with Crippen LogP contribution in [0.15, 0.2) is 217 Å². The number of nitrogens with zero attached hydrogens (tertiary/aromatic N) is 3. The van der Waals surface area contributed by atoms with E-state index in [9.17, 15) is 0 Å². The van der Waals surface area contributed by atoms with E-state index >= 15 is 0 Å². The smallest absolute Gasteiger partial charge is 0.227 e. The monoisotopic (exact) mass is 705 g/mol. The molecule has 0 aliphatic rings. The normalized spacial score (nSPS) is 11.3. The molecule has 0 saturated heterocycles. The zero-order valence-electron chi connectivity index (χ0n) is 30.0. The van der Waals surface area contributed by atoms with Gasteiger partial charge < -0.3 is 14.2 Å². The summed E-state index contributed by atoms with van der Waals surface area (Å²) in [6.07, 6.45) is 0. The summed E-state index contributed by atoms with van der Waals surface area (Å²) in [7, 11) is 0. The molecular weight excluding hydrogens is 671 g/mol. The van der Waals surface area contributed by atoms with E-state index in [-0.39, 0.29) is 0 Å². The van der Waals surface area contributed by atoms with Gasteiger partial charge >= 0.3 is 0 Å². The number of para-hydroxylation sites is 2. The second-order valence-corrected chi connectivity index (χ2v) is 13.6. The molecule has 0 bridgehead atoms. The topological polar surface area (TPSA) is 32.5 Å². The Morgan fingerprint density at radius 2 is 0.745 bits per heavy atom. The Kier molecular flexibility index (Phi) is 8.12. The fraction of sp³-hybridized carbons (Fsp3) is 0. The summed E-state index contributed by atoms with van der Waals surface area (Å²) in [5, 5.41) is 4.50. The minimum absolute atomic E-state index is 0.601. The zero-order chi connectivity index (χ0) is 36.6. The Bertz CT molecular complexity index is 2810. The van der Waals surface area contributed by atoms with E-state index in [0.29, 0.717) is 5.89 Å². The summed E-state index contributed by atoms with van der Waals surface area (Å²) in [5.41, 5.74) is 11.3. The molecule has 0 unspecified atom stereocenters. The van der Waals surface area contributed by atoms with Gasteiger partial charge in [0.2, 0.25) is 5.89 Å². The lowest BCUT2D eigenvalue weighted by molar-refractivity contribution is 0.623. The summed E-state index contributed by atoms with van der Waals surface area (Å²) >= 11 is 0. The van der Waals surface area contributed by atoms with Crippen molar-refractivity contribution < 1.29 is 4.42 Å². The number of rotatable bonds is 8. The number of hydrogen-bond donors (Lipinski definition) is 0. The highest BCUT2D eigenvalue weighted by molar-refractivity contribution is 6.22. The van der Waals surface area contributed by atoms with Crippen molar-refractivity contribution in [2.24, 2.45) is 0 Å². The average Bonchev–Trinajstić information content (AvgIpc) is 3.72. The average molecular weight is 706 g/mol. The molecule has 0 aliphatic carbocycles. The standard InChI is InChI=1S/C51H35N3O/c1-4-16-36(17-5-1)38-18-14-23-42(34-38)54(44-25-15-24-43(35-44)53(39-19-6-2-7-20-39)40-21-8-3-9-22-40)41-32-30-37(31-33-41)51-52-49-47-28-12-10-26-45(47)46-27-11-13-29-48(46)50(49)55-51/h1-35H. The first kappa shape index (κ1) is 32.2. The molecule has 1 heterocycles. The van der Waals surface area contributed by atoms with E-state index in [1.54, 1.807) is 0 Å². The molecule has 0 N–H and O–H groups in total. The van der Waals surface area contributed by atoms with Gasteiger partial charge in [0.05, 0.1) is 0 Å². The molecule has 0 saturated carbocycles. The Morgan fingerprint density at radius 3 is 1.38 bits per heavy atom. The summed E-state index contributed by atoms with van der Waals surface area (Å²) in [5.74, 6) is 0.601. The highest BCUT2D eigenvalue weighted by atomic mass is 16.3. The highest BCUT2D eigenvalue weighted by Gasteiger charge is 2.20. The summed E-state index contributed by atoms with van der Waals surface area (Å²) in [6.45, 7) is 0. The number of anilines is 6. The van der Waals surface area contributed by atoms with Crippen LogP contribution in [0, 0.1) is 0 Å². The number of aromatic nitrogens is 1. The molecule has 4 nitrogen and oxygen atoms in total. The predicted molar refractivity (Wildman–Crippen MR) is 229 cm³/mol. The van der Waals surface area contributed by atoms with Crippen molar-refractivity contribution in [3.8, 4) is 22.6 Å². The van der Waals surface area contributed by atoms with Gasteiger partial charge in [-0.05, 0) is 101 Å². The third-order valence-electron chi connectivity index (χ3n) is 10.2. The van der Waals surface area contributed by atoms with Crippen LogP contribution in [0.2, 0.25) is 0 Å². The van der Waals surface area contributed by atoms with Gasteiger partial charge in [0.1, 0.15) is 5.52 Å². The number of fused-ring (bicyclic) bond motifs is 6. The van der Waals surface area contributed by atoms with Gasteiger partial charge in [-0.15, -0.1) is 0 Å². The lowest BCUT2D eigenvalue weighted by Crippen LogP contribution is -2.13. The van der Waals surface area contributed by atoms with Crippen molar-refractivity contribution in [1.82, 2.24) is 4.98 Å². The molecule has 1 aromatic heterocycles. The molecule has 0 spiro atoms. The van der Waals surface area contributed by atoms with Gasteiger partial charge in [0.15, 0.2) is 5.58 Å². The first-order chi connectivity index (χ1) is 27.3. The number of benzene rings is 9. The molecule has 0 amide bonds. The Balaban J connectivity index is 1.10. The van der Waals surface area contributed by atoms with Crippen LogP contribution >= 0.6 is 0 Å². The minimum atomic E-state index is 0.601. The number of hydrogen-bond acceptors (Lipinski definition) is 4. The van der Waals surface area contributed by atoms with Crippen LogP contribution in [0.25, 0.3) is 55.2 Å². The van der Waals surface area contributed by atoms with Crippen LogP contribution in [0.4, 0.5) is 34.1 Å². The summed E-state index contributed by atoms with van der Waals surface area (Å²) < 4.78 is 6.61. The SMILES string of the molecule is c1ccc(-c2cccc(N(c3ccc(-c4nc5c6ccccc6c6ccccc6c5o4)cc3)c3cccc(N(c4ccccc4)c4ccccc4)c3)c2)cc1. The molecule has 0 radical (unpaired) electrons. The maximum Gasteiger partial charge on any atom is 0.227 e. The van der Waals surface area contributed by atoms with E-state index in [0.717, 1.165) is 72.5 Å². The van der Waals surface area contributed by atoms with E-state index in [4.69, 9.17) is 9.40 Å². The van der Waals surface area contributed by atoms with Crippen LogP contribution in [0.5, 0.6) is 0 Å². The van der Waals surface area contributed by atoms with Crippen LogP contribution < -0.4 is 9.80 Å². The van der Waals surface area contributed by atoms with Gasteiger partial charge in [-0.2, -0.15) is 0 Å². The quantitative estimate of drug-likeness (QED) is 0.147. The summed E-state index contributed by atoms with van der Waals surface area (Å²) in [4.78, 5) is 9.72. The zero-order valence-corrected chi connectivity index (χ0v) is 30.0. The van der Waals surface area contributed by atoms with Crippen LogP contribution in [-0.2, 0) is 0 Å². The van der Waals surface area contributed by atoms with Crippen molar-refractivity contribution in [3.05, 3.63) is 212 Å². The van der Waals surface area contributed by atoms with E-state index in [1.807, 2.05) is 0 Å². The lowest BCUT2D eigenvalue weighted by Gasteiger charge is -2.29. The van der Waals surface area contributed by atoms with Crippen molar-refractivity contribution >= 4 is 66.8 Å². The molecule has 9 aromatic carbocycles. The first-order valence-corrected chi connectivity index (χ1v) is 18.5. The maximum absolute atomic E-state index is 6.61. The predicted octanol–water partition coefficient (Wildman–Crippen LogP) is 14.4. The minimum Gasteiger partial charge on any atom is -0.435 e. The summed E-state index contributed by atoms with van der Waals surface area (Å²) in [6, 6.07) is 74.5. The van der Waals surface area contributed by atoms with Gasteiger partial charge in [0.25, 0.3) is 0 Å². The van der Waals surface area contributed by atoms with Crippen molar-refractivity contribution in [3.63, 3.8) is 0 Å². The second kappa shape index (κ2) is 13.8. The molecule has 0 fully saturated rings. The molecule has 10 aromatic rings. The van der Waals surface area contributed by atoms with Gasteiger partial charge in [-0.25, -0.2) is 4.98 Å². The maximum atomic E-state index is 6.61. The van der Waals surface area contributed by atoms with Crippen LogP contribution in [0.3, 0.4) is 0 Å². The lowest BCUT2D eigenvalue weighted by atomic mass is 10.0. The Labute approximate surface area is 319 Å². The molecule has 0 aliphatic heterocycles. The number of oxazole rings is 1. The van der Waals surface area contributed by atoms with E-state index in [1.165, 1.54) is 10.9 Å². The van der Waals surface area contributed by atoms with Crippen molar-refractivity contribution in [2.75, 3.05) is 9.80 Å². The third-order valence-corrected chi connectivity index (χ3v) is 10.2. The van der Waals surface area contributed by atoms with Gasteiger partial charge in [-0.1, -0.05) is 133 Å². The van der Waals surface area contributed by atoms with Gasteiger partial charge in [-0.3, -0.25) is 0 Å². The van der Waals surface area contributed by atoms with Crippen LogP contribution in [-0.4, -0.2) is 4.98 Å². The fourth-order valence-corrected chi connectivity index (χ4v) is 7.68. The molecule has 0 atom stereocenters. The second-order valence-electron chi connectivity index (χ2n) is 13.6. The fourth-order valence-electron chi connectivity index (χ4n) is 7.68. The first-order valence-electron chi connectivity index (χ1n) is 18.5. The van der Waals surface area contributed by atoms with E-state index in [2.05, 4.69) is 222 Å². The van der Waals surface area contributed by atoms with Crippen molar-refractivity contribution in [2.45, 2.75) is 0 Å². The van der Waals surface area contributed by atoms with E-state index < -0.39 is 0 Å². The molecule has 10 rings (SSSR count). The van der Waals surface area contributed by atoms with Gasteiger partial charge in [0, 0.05) is 50.5 Å². The van der Waals surface area contributed by atoms with Crippen molar-refractivity contribution in [1.29, 1.82) is 0 Å². The Morgan fingerprint density at radius 1 is 0.309 bits per heavy atom. The molecule has 4 heteroatoms. The molecule has 260 valence electrons. The molecular formula is C51H35N3O. The Hall–Kier alpha value is -7.43. The highest BCUT2D eigenvalue weighted by Crippen LogP contribution is 2.42. The third kappa shape index (κ3) is 5.96. The largest absolute Gasteiger partial charge is 0.435 e. The van der Waals surface area contributed by atoms with Crippen LogP contribution in [0.1, 0.15) is 0 Å². The molecule has 55 heavy (non-hydrogen) atoms.